The van der Waals surface area contributed by atoms with Gasteiger partial charge in [0.2, 0.25) is 0 Å². The number of amidine groups is 1. The topological polar surface area (TPSA) is 67.7 Å². The number of nitrogens with two attached hydrogens (primary N) is 1. The van der Waals surface area contributed by atoms with Crippen molar-refractivity contribution in [3.8, 4) is 0 Å². The average Bonchev–Trinajstić information content (AvgIpc) is 2.74. The lowest BCUT2D eigenvalue weighted by atomic mass is 10.1. The Bertz CT molecular complexity index is 616. The Kier molecular flexibility index (Phi) is 3.78. The van der Waals surface area contributed by atoms with Gasteiger partial charge in [0.05, 0.1) is 0 Å². The largest absolute Gasteiger partial charge is 0.396 e. The molecule has 0 fully saturated rings. The van der Waals surface area contributed by atoms with Gasteiger partial charge >= 0.3 is 6.18 Å². The maximum atomic E-state index is 12.4. The molecule has 2 aromatic rings. The number of nitrogens with zero attached hydrogens (tertiary/aromatic N) is 2. The van der Waals surface area contributed by atoms with Crippen molar-refractivity contribution in [1.29, 1.82) is 5.41 Å². The molecule has 0 amide bonds. The van der Waals surface area contributed by atoms with Crippen molar-refractivity contribution in [2.24, 2.45) is 5.73 Å². The maximum Gasteiger partial charge on any atom is 0.396 e. The molecule has 0 unspecified atom stereocenters. The minimum absolute atomic E-state index is 0.0364. The van der Waals surface area contributed by atoms with Crippen molar-refractivity contribution in [2.75, 3.05) is 0 Å². The van der Waals surface area contributed by atoms with E-state index in [1.165, 1.54) is 17.0 Å². The van der Waals surface area contributed by atoms with E-state index in [0.29, 0.717) is 5.56 Å². The van der Waals surface area contributed by atoms with Gasteiger partial charge in [-0.25, -0.2) is 4.98 Å². The molecular weight excluding hydrogens is 269 g/mol. The van der Waals surface area contributed by atoms with Gasteiger partial charge in [-0.05, 0) is 11.6 Å². The Morgan fingerprint density at radius 2 is 2.10 bits per heavy atom. The summed E-state index contributed by atoms with van der Waals surface area (Å²) in [4.78, 5) is 3.73. The fourth-order valence-corrected chi connectivity index (χ4v) is 1.86. The third kappa shape index (κ3) is 3.59. The van der Waals surface area contributed by atoms with Crippen LogP contribution in [0.25, 0.3) is 0 Å². The maximum absolute atomic E-state index is 12.4. The number of benzene rings is 1. The van der Waals surface area contributed by atoms with Gasteiger partial charge in [-0.15, -0.1) is 0 Å². The number of imidazole rings is 1. The summed E-state index contributed by atoms with van der Waals surface area (Å²) < 4.78 is 38.7. The second-order valence-corrected chi connectivity index (χ2v) is 4.38. The van der Waals surface area contributed by atoms with Gasteiger partial charge in [0.15, 0.2) is 0 Å². The standard InChI is InChI=1S/C13H13F3N4/c14-13(15,16)7-11-19-4-5-20(11)8-9-2-1-3-10(6-9)12(17)18/h1-6H,7-8H2,(H3,17,18). The van der Waals surface area contributed by atoms with E-state index in [4.69, 9.17) is 11.1 Å². The van der Waals surface area contributed by atoms with Crippen LogP contribution in [0.2, 0.25) is 0 Å². The first-order valence-corrected chi connectivity index (χ1v) is 5.85. The summed E-state index contributed by atoms with van der Waals surface area (Å²) in [5, 5.41) is 7.35. The lowest BCUT2D eigenvalue weighted by Gasteiger charge is -2.10. The molecule has 0 aliphatic carbocycles. The van der Waals surface area contributed by atoms with Crippen LogP contribution in [0.15, 0.2) is 36.7 Å². The van der Waals surface area contributed by atoms with E-state index in [0.717, 1.165) is 5.56 Å². The molecule has 0 bridgehead atoms. The Balaban J connectivity index is 2.20. The van der Waals surface area contributed by atoms with Crippen LogP contribution in [0.3, 0.4) is 0 Å². The zero-order valence-electron chi connectivity index (χ0n) is 10.5. The second kappa shape index (κ2) is 5.36. The first-order valence-electron chi connectivity index (χ1n) is 5.85. The van der Waals surface area contributed by atoms with Crippen LogP contribution in [0, 0.1) is 5.41 Å². The van der Waals surface area contributed by atoms with Crippen molar-refractivity contribution in [3.05, 3.63) is 53.6 Å². The highest BCUT2D eigenvalue weighted by Gasteiger charge is 2.30. The third-order valence-electron chi connectivity index (χ3n) is 2.75. The average molecular weight is 282 g/mol. The smallest absolute Gasteiger partial charge is 0.384 e. The van der Waals surface area contributed by atoms with E-state index in [1.807, 2.05) is 0 Å². The predicted molar refractivity (Wildman–Crippen MR) is 68.5 cm³/mol. The molecule has 1 aromatic carbocycles. The summed E-state index contributed by atoms with van der Waals surface area (Å²) >= 11 is 0. The molecule has 3 N–H and O–H groups in total. The first kappa shape index (κ1) is 14.1. The van der Waals surface area contributed by atoms with Gasteiger partial charge in [-0.1, -0.05) is 18.2 Å². The van der Waals surface area contributed by atoms with E-state index in [1.54, 1.807) is 24.3 Å². The number of hydrogen-bond donors (Lipinski definition) is 2. The molecular formula is C13H13F3N4. The molecule has 0 saturated heterocycles. The zero-order valence-corrected chi connectivity index (χ0v) is 10.5. The monoisotopic (exact) mass is 282 g/mol. The van der Waals surface area contributed by atoms with Gasteiger partial charge < -0.3 is 10.3 Å². The molecule has 0 spiro atoms. The zero-order chi connectivity index (χ0) is 14.8. The van der Waals surface area contributed by atoms with Crippen LogP contribution in [0.5, 0.6) is 0 Å². The molecule has 7 heteroatoms. The van der Waals surface area contributed by atoms with Crippen LogP contribution < -0.4 is 5.73 Å². The fourth-order valence-electron chi connectivity index (χ4n) is 1.86. The number of rotatable bonds is 4. The number of halogens is 3. The third-order valence-corrected chi connectivity index (χ3v) is 2.75. The van der Waals surface area contributed by atoms with Crippen molar-refractivity contribution in [1.82, 2.24) is 9.55 Å². The quantitative estimate of drug-likeness (QED) is 0.667. The van der Waals surface area contributed by atoms with E-state index in [9.17, 15) is 13.2 Å². The molecule has 0 saturated carbocycles. The summed E-state index contributed by atoms with van der Waals surface area (Å²) in [5.41, 5.74) is 6.69. The highest BCUT2D eigenvalue weighted by Crippen LogP contribution is 2.20. The molecule has 106 valence electrons. The van der Waals surface area contributed by atoms with Crippen LogP contribution in [0.1, 0.15) is 17.0 Å². The molecule has 0 radical (unpaired) electrons. The highest BCUT2D eigenvalue weighted by atomic mass is 19.4. The molecule has 1 heterocycles. The Hall–Kier alpha value is -2.31. The molecule has 1 aromatic heterocycles. The van der Waals surface area contributed by atoms with Crippen molar-refractivity contribution >= 4 is 5.84 Å². The predicted octanol–water partition coefficient (Wildman–Crippen LogP) is 2.32. The lowest BCUT2D eigenvalue weighted by molar-refractivity contribution is -0.128. The van der Waals surface area contributed by atoms with Gasteiger partial charge in [-0.3, -0.25) is 5.41 Å². The highest BCUT2D eigenvalue weighted by molar-refractivity contribution is 5.95. The van der Waals surface area contributed by atoms with Crippen LogP contribution in [0.4, 0.5) is 13.2 Å². The molecule has 20 heavy (non-hydrogen) atoms. The number of nitrogens with one attached hydrogen (secondary N) is 1. The van der Waals surface area contributed by atoms with Gasteiger partial charge in [-0.2, -0.15) is 13.2 Å². The first-order chi connectivity index (χ1) is 9.35. The van der Waals surface area contributed by atoms with Crippen LogP contribution in [-0.2, 0) is 13.0 Å². The van der Waals surface area contributed by atoms with Crippen LogP contribution in [-0.4, -0.2) is 21.6 Å². The Morgan fingerprint density at radius 3 is 2.75 bits per heavy atom. The fraction of sp³-hybridized carbons (Fsp3) is 0.231. The molecule has 0 atom stereocenters. The SMILES string of the molecule is N=C(N)c1cccc(Cn2ccnc2CC(F)(F)F)c1. The summed E-state index contributed by atoms with van der Waals surface area (Å²) in [6, 6.07) is 6.84. The number of hydrogen-bond acceptors (Lipinski definition) is 2. The van der Waals surface area contributed by atoms with Crippen molar-refractivity contribution < 1.29 is 13.2 Å². The minimum Gasteiger partial charge on any atom is -0.384 e. The van der Waals surface area contributed by atoms with E-state index >= 15 is 0 Å². The van der Waals surface area contributed by atoms with Crippen molar-refractivity contribution in [3.63, 3.8) is 0 Å². The number of nitrogen functional groups attached to an aromatic ring is 1. The summed E-state index contributed by atoms with van der Waals surface area (Å²) in [5.74, 6) is -0.112. The Labute approximate surface area is 113 Å². The summed E-state index contributed by atoms with van der Waals surface area (Å²) in [6.07, 6.45) is -2.51. The molecule has 2 rings (SSSR count). The summed E-state index contributed by atoms with van der Waals surface area (Å²) in [6.45, 7) is 0.256. The van der Waals surface area contributed by atoms with Gasteiger partial charge in [0.1, 0.15) is 18.1 Å². The van der Waals surface area contributed by atoms with Gasteiger partial charge in [0, 0.05) is 24.5 Å². The second-order valence-electron chi connectivity index (χ2n) is 4.38. The van der Waals surface area contributed by atoms with E-state index in [2.05, 4.69) is 4.98 Å². The lowest BCUT2D eigenvalue weighted by Crippen LogP contribution is -2.17. The number of aromatic nitrogens is 2. The molecule has 4 nitrogen and oxygen atoms in total. The van der Waals surface area contributed by atoms with Crippen LogP contribution >= 0.6 is 0 Å². The van der Waals surface area contributed by atoms with Crippen molar-refractivity contribution in [2.45, 2.75) is 19.1 Å². The van der Waals surface area contributed by atoms with E-state index < -0.39 is 12.6 Å². The van der Waals surface area contributed by atoms with Gasteiger partial charge in [0.25, 0.3) is 0 Å². The normalized spacial score (nSPS) is 11.6. The number of alkyl halides is 3. The molecule has 0 aliphatic heterocycles. The Morgan fingerprint density at radius 1 is 1.35 bits per heavy atom. The van der Waals surface area contributed by atoms with E-state index in [-0.39, 0.29) is 18.2 Å². The minimum atomic E-state index is -4.29. The molecule has 0 aliphatic rings. The summed E-state index contributed by atoms with van der Waals surface area (Å²) in [7, 11) is 0.